The maximum atomic E-state index is 12.8. The van der Waals surface area contributed by atoms with Gasteiger partial charge in [-0.25, -0.2) is 4.39 Å². The van der Waals surface area contributed by atoms with E-state index in [9.17, 15) is 4.39 Å². The lowest BCUT2D eigenvalue weighted by molar-refractivity contribution is 0.602. The summed E-state index contributed by atoms with van der Waals surface area (Å²) in [4.78, 5) is 0.536. The molecule has 0 aliphatic rings. The fraction of sp³-hybridized carbons (Fsp3) is 0.125. The molecule has 0 aliphatic carbocycles. The summed E-state index contributed by atoms with van der Waals surface area (Å²) in [6.07, 6.45) is 0. The largest absolute Gasteiger partial charge is 0.206 e. The van der Waals surface area contributed by atoms with E-state index in [0.29, 0.717) is 10.6 Å². The van der Waals surface area contributed by atoms with Gasteiger partial charge in [-0.1, -0.05) is 12.1 Å². The first kappa shape index (κ1) is 8.09. The molecule has 0 aromatic heterocycles. The first-order chi connectivity index (χ1) is 5.34. The molecule has 1 aromatic carbocycles. The fourth-order valence-corrected chi connectivity index (χ4v) is 1.27. The molecular weight excluding hydrogens is 161 g/mol. The average Bonchev–Trinajstić information content (AvgIpc) is 2.03. The first-order valence-electron chi connectivity index (χ1n) is 3.09. The Balaban J connectivity index is 2.71. The fourth-order valence-electron chi connectivity index (χ4n) is 0.672. The molecule has 0 spiro atoms. The van der Waals surface area contributed by atoms with Gasteiger partial charge in [0.15, 0.2) is 0 Å². The first-order valence-corrected chi connectivity index (χ1v) is 4.07. The van der Waals surface area contributed by atoms with E-state index in [2.05, 4.69) is 0 Å². The molecule has 0 saturated heterocycles. The van der Waals surface area contributed by atoms with Crippen molar-refractivity contribution in [2.45, 2.75) is 4.90 Å². The Morgan fingerprint density at radius 2 is 2.18 bits per heavy atom. The van der Waals surface area contributed by atoms with E-state index in [0.717, 1.165) is 0 Å². The van der Waals surface area contributed by atoms with Crippen LogP contribution in [0.4, 0.5) is 4.39 Å². The van der Waals surface area contributed by atoms with Gasteiger partial charge in [0, 0.05) is 4.90 Å². The zero-order valence-corrected chi connectivity index (χ0v) is 6.57. The molecular formula is C8H6FNS. The van der Waals surface area contributed by atoms with E-state index in [1.165, 1.54) is 17.8 Å². The number of benzene rings is 1. The van der Waals surface area contributed by atoms with E-state index < -0.39 is 0 Å². The number of nitrogens with zero attached hydrogens (tertiary/aromatic N) is 1. The summed E-state index contributed by atoms with van der Waals surface area (Å²) >= 11 is 1.21. The number of thioether (sulfide) groups is 1. The molecule has 3 heteroatoms. The van der Waals surface area contributed by atoms with Crippen molar-refractivity contribution in [3.05, 3.63) is 30.1 Å². The van der Waals surface area contributed by atoms with Gasteiger partial charge in [0.1, 0.15) is 5.82 Å². The summed E-state index contributed by atoms with van der Waals surface area (Å²) < 4.78 is 12.8. The number of hydrogen-bond acceptors (Lipinski definition) is 2. The van der Waals surface area contributed by atoms with Crippen LogP contribution in [0.5, 0.6) is 0 Å². The Morgan fingerprint density at radius 3 is 2.82 bits per heavy atom. The van der Waals surface area contributed by atoms with E-state index in [-0.39, 0.29) is 5.82 Å². The van der Waals surface area contributed by atoms with Crippen molar-refractivity contribution in [1.29, 1.82) is 5.26 Å². The van der Waals surface area contributed by atoms with Gasteiger partial charge in [-0.15, -0.1) is 11.8 Å². The molecule has 0 amide bonds. The Kier molecular flexibility index (Phi) is 2.94. The maximum absolute atomic E-state index is 12.8. The highest BCUT2D eigenvalue weighted by molar-refractivity contribution is 7.99. The summed E-state index contributed by atoms with van der Waals surface area (Å²) in [5.41, 5.74) is 0. The zero-order valence-electron chi connectivity index (χ0n) is 5.75. The van der Waals surface area contributed by atoms with Gasteiger partial charge in [-0.3, -0.25) is 0 Å². The second kappa shape index (κ2) is 3.99. The molecule has 1 rings (SSSR count). The normalized spacial score (nSPS) is 9.09. The minimum Gasteiger partial charge on any atom is -0.206 e. The molecule has 0 aliphatic heterocycles. The van der Waals surface area contributed by atoms with Crippen molar-refractivity contribution >= 4 is 11.8 Å². The van der Waals surface area contributed by atoms with Gasteiger partial charge in [0.2, 0.25) is 0 Å². The number of hydrogen-bond donors (Lipinski definition) is 0. The van der Waals surface area contributed by atoms with Crippen LogP contribution in [0.25, 0.3) is 0 Å². The SMILES string of the molecule is N#CCSc1ccccc1F. The van der Waals surface area contributed by atoms with Crippen LogP contribution >= 0.6 is 11.8 Å². The Bertz CT molecular complexity index is 280. The molecule has 1 nitrogen and oxygen atoms in total. The third-order valence-electron chi connectivity index (χ3n) is 1.13. The van der Waals surface area contributed by atoms with E-state index in [1.807, 2.05) is 6.07 Å². The number of halogens is 1. The number of rotatable bonds is 2. The van der Waals surface area contributed by atoms with Gasteiger partial charge < -0.3 is 0 Å². The molecule has 0 unspecified atom stereocenters. The predicted octanol–water partition coefficient (Wildman–Crippen LogP) is 2.44. The summed E-state index contributed by atoms with van der Waals surface area (Å²) in [7, 11) is 0. The van der Waals surface area contributed by atoms with E-state index in [1.54, 1.807) is 18.2 Å². The molecule has 0 saturated carbocycles. The van der Waals surface area contributed by atoms with E-state index in [4.69, 9.17) is 5.26 Å². The summed E-state index contributed by atoms with van der Waals surface area (Å²) in [6, 6.07) is 8.38. The lowest BCUT2D eigenvalue weighted by Gasteiger charge is -1.96. The van der Waals surface area contributed by atoms with Crippen molar-refractivity contribution < 1.29 is 4.39 Å². The standard InChI is InChI=1S/C8H6FNS/c9-7-3-1-2-4-8(7)11-6-5-10/h1-4H,6H2. The summed E-state index contributed by atoms with van der Waals surface area (Å²) in [6.45, 7) is 0. The smallest absolute Gasteiger partial charge is 0.136 e. The highest BCUT2D eigenvalue weighted by atomic mass is 32.2. The lowest BCUT2D eigenvalue weighted by atomic mass is 10.3. The maximum Gasteiger partial charge on any atom is 0.136 e. The van der Waals surface area contributed by atoms with E-state index >= 15 is 0 Å². The van der Waals surface area contributed by atoms with Crippen LogP contribution in [0.1, 0.15) is 0 Å². The van der Waals surface area contributed by atoms with Crippen LogP contribution in [-0.2, 0) is 0 Å². The van der Waals surface area contributed by atoms with Crippen molar-refractivity contribution in [3.8, 4) is 6.07 Å². The molecule has 11 heavy (non-hydrogen) atoms. The molecule has 0 bridgehead atoms. The van der Waals surface area contributed by atoms with Crippen molar-refractivity contribution in [3.63, 3.8) is 0 Å². The molecule has 0 radical (unpaired) electrons. The second-order valence-electron chi connectivity index (χ2n) is 1.88. The lowest BCUT2D eigenvalue weighted by Crippen LogP contribution is -1.79. The van der Waals surface area contributed by atoms with Crippen molar-refractivity contribution in [2.24, 2.45) is 0 Å². The van der Waals surface area contributed by atoms with Gasteiger partial charge in [0.25, 0.3) is 0 Å². The van der Waals surface area contributed by atoms with Crippen LogP contribution < -0.4 is 0 Å². The molecule has 0 heterocycles. The topological polar surface area (TPSA) is 23.8 Å². The molecule has 0 atom stereocenters. The quantitative estimate of drug-likeness (QED) is 0.632. The van der Waals surface area contributed by atoms with Crippen LogP contribution in [0.2, 0.25) is 0 Å². The monoisotopic (exact) mass is 167 g/mol. The summed E-state index contributed by atoms with van der Waals surface area (Å²) in [5, 5.41) is 8.23. The molecule has 56 valence electrons. The Hall–Kier alpha value is -1.01. The van der Waals surface area contributed by atoms with Crippen LogP contribution in [0.3, 0.4) is 0 Å². The highest BCUT2D eigenvalue weighted by Gasteiger charge is 1.98. The van der Waals surface area contributed by atoms with Crippen LogP contribution in [0.15, 0.2) is 29.2 Å². The van der Waals surface area contributed by atoms with Gasteiger partial charge in [0.05, 0.1) is 11.8 Å². The number of nitriles is 1. The molecule has 0 N–H and O–H groups in total. The van der Waals surface area contributed by atoms with Crippen LogP contribution in [0, 0.1) is 17.1 Å². The highest BCUT2D eigenvalue weighted by Crippen LogP contribution is 2.19. The Labute approximate surface area is 68.8 Å². The van der Waals surface area contributed by atoms with Gasteiger partial charge in [-0.05, 0) is 12.1 Å². The van der Waals surface area contributed by atoms with Crippen LogP contribution in [-0.4, -0.2) is 5.75 Å². The van der Waals surface area contributed by atoms with Crippen molar-refractivity contribution in [2.75, 3.05) is 5.75 Å². The molecule has 1 aromatic rings. The average molecular weight is 167 g/mol. The van der Waals surface area contributed by atoms with Crippen molar-refractivity contribution in [1.82, 2.24) is 0 Å². The van der Waals surface area contributed by atoms with Gasteiger partial charge >= 0.3 is 0 Å². The van der Waals surface area contributed by atoms with Gasteiger partial charge in [-0.2, -0.15) is 5.26 Å². The summed E-state index contributed by atoms with van der Waals surface area (Å²) in [5.74, 6) is 0.0359. The second-order valence-corrected chi connectivity index (χ2v) is 2.89. The third kappa shape index (κ3) is 2.24. The minimum absolute atomic E-state index is 0.257. The zero-order chi connectivity index (χ0) is 8.10. The minimum atomic E-state index is -0.257. The third-order valence-corrected chi connectivity index (χ3v) is 2.04. The Morgan fingerprint density at radius 1 is 1.45 bits per heavy atom. The molecule has 0 fully saturated rings. The predicted molar refractivity (Wildman–Crippen MR) is 42.7 cm³/mol.